The van der Waals surface area contributed by atoms with Crippen molar-refractivity contribution in [3.05, 3.63) is 90.8 Å². The van der Waals surface area contributed by atoms with Crippen LogP contribution in [0.4, 0.5) is 11.4 Å². The van der Waals surface area contributed by atoms with E-state index in [0.29, 0.717) is 22.8 Å². The van der Waals surface area contributed by atoms with Gasteiger partial charge in [0.2, 0.25) is 12.3 Å². The lowest BCUT2D eigenvalue weighted by Crippen LogP contribution is -2.28. The summed E-state index contributed by atoms with van der Waals surface area (Å²) in [4.78, 5) is 12.9. The number of benzene rings is 3. The van der Waals surface area contributed by atoms with Crippen LogP contribution in [0.3, 0.4) is 0 Å². The zero-order valence-electron chi connectivity index (χ0n) is 16.5. The predicted molar refractivity (Wildman–Crippen MR) is 116 cm³/mol. The number of anilines is 2. The highest BCUT2D eigenvalue weighted by molar-refractivity contribution is 7.92. The van der Waals surface area contributed by atoms with Gasteiger partial charge in [-0.2, -0.15) is 0 Å². The first-order valence-corrected chi connectivity index (χ1v) is 10.7. The van der Waals surface area contributed by atoms with E-state index in [2.05, 4.69) is 15.5 Å². The molecule has 0 bridgehead atoms. The molecule has 9 heteroatoms. The standard InChI is InChI=1S/C22H18N4O4S/c1-26(18-10-3-2-4-11-18)31(28,29)20-13-6-5-12-19(20)21(27)24-17-9-7-8-16(14-17)22-25-23-15-30-22/h2-15H,1H3,(H,24,27). The van der Waals surface area contributed by atoms with Gasteiger partial charge >= 0.3 is 0 Å². The van der Waals surface area contributed by atoms with Gasteiger partial charge in [0, 0.05) is 18.3 Å². The molecule has 31 heavy (non-hydrogen) atoms. The Kier molecular flexibility index (Phi) is 5.50. The third-order valence-corrected chi connectivity index (χ3v) is 6.46. The fourth-order valence-electron chi connectivity index (χ4n) is 3.03. The predicted octanol–water partition coefficient (Wildman–Crippen LogP) is 3.81. The van der Waals surface area contributed by atoms with E-state index in [4.69, 9.17) is 4.42 Å². The van der Waals surface area contributed by atoms with E-state index in [9.17, 15) is 13.2 Å². The first-order chi connectivity index (χ1) is 15.0. The molecule has 3 aromatic carbocycles. The minimum absolute atomic E-state index is 0.0356. The monoisotopic (exact) mass is 434 g/mol. The normalized spacial score (nSPS) is 11.1. The van der Waals surface area contributed by atoms with Crippen LogP contribution >= 0.6 is 0 Å². The summed E-state index contributed by atoms with van der Waals surface area (Å²) >= 11 is 0. The molecule has 1 heterocycles. The molecule has 8 nitrogen and oxygen atoms in total. The molecule has 1 N–H and O–H groups in total. The first-order valence-electron chi connectivity index (χ1n) is 9.28. The van der Waals surface area contributed by atoms with E-state index < -0.39 is 15.9 Å². The van der Waals surface area contributed by atoms with Crippen LogP contribution in [0.2, 0.25) is 0 Å². The average molecular weight is 434 g/mol. The summed E-state index contributed by atoms with van der Waals surface area (Å²) in [5.74, 6) is -0.244. The molecule has 1 aromatic heterocycles. The topological polar surface area (TPSA) is 105 Å². The number of para-hydroxylation sites is 1. The van der Waals surface area contributed by atoms with Crippen molar-refractivity contribution < 1.29 is 17.6 Å². The van der Waals surface area contributed by atoms with Crippen LogP contribution in [-0.4, -0.2) is 31.6 Å². The molecule has 1 amide bonds. The second kappa shape index (κ2) is 8.41. The summed E-state index contributed by atoms with van der Waals surface area (Å²) in [6, 6.07) is 21.6. The molecule has 0 unspecified atom stereocenters. The molecular weight excluding hydrogens is 416 g/mol. The Morgan fingerprint density at radius 3 is 2.45 bits per heavy atom. The maximum Gasteiger partial charge on any atom is 0.264 e. The molecule has 0 aliphatic carbocycles. The molecule has 0 saturated heterocycles. The van der Waals surface area contributed by atoms with Crippen molar-refractivity contribution in [2.75, 3.05) is 16.7 Å². The largest absolute Gasteiger partial charge is 0.423 e. The molecule has 0 atom stereocenters. The molecule has 0 fully saturated rings. The van der Waals surface area contributed by atoms with Crippen molar-refractivity contribution in [1.29, 1.82) is 0 Å². The molecule has 156 valence electrons. The Balaban J connectivity index is 1.64. The molecular formula is C22H18N4O4S. The lowest BCUT2D eigenvalue weighted by atomic mass is 10.1. The SMILES string of the molecule is CN(c1ccccc1)S(=O)(=O)c1ccccc1C(=O)Nc1cccc(-c2nnco2)c1. The third-order valence-electron chi connectivity index (χ3n) is 4.62. The van der Waals surface area contributed by atoms with Gasteiger partial charge in [0.1, 0.15) is 4.90 Å². The zero-order chi connectivity index (χ0) is 21.8. The summed E-state index contributed by atoms with van der Waals surface area (Å²) in [7, 11) is -2.51. The summed E-state index contributed by atoms with van der Waals surface area (Å²) in [6.45, 7) is 0. The van der Waals surface area contributed by atoms with Crippen molar-refractivity contribution in [2.24, 2.45) is 0 Å². The summed E-state index contributed by atoms with van der Waals surface area (Å²) in [6.07, 6.45) is 1.21. The van der Waals surface area contributed by atoms with Crippen LogP contribution in [0.15, 0.2) is 94.6 Å². The van der Waals surface area contributed by atoms with Crippen LogP contribution in [0, 0.1) is 0 Å². The fraction of sp³-hybridized carbons (Fsp3) is 0.0455. The summed E-state index contributed by atoms with van der Waals surface area (Å²) in [5, 5.41) is 10.2. The number of carbonyl (C=O) groups is 1. The average Bonchev–Trinajstić information content (AvgIpc) is 3.34. The van der Waals surface area contributed by atoms with Gasteiger partial charge in [-0.25, -0.2) is 8.42 Å². The molecule has 0 saturated carbocycles. The van der Waals surface area contributed by atoms with E-state index in [-0.39, 0.29) is 10.5 Å². The number of rotatable bonds is 6. The highest BCUT2D eigenvalue weighted by Crippen LogP contribution is 2.26. The minimum Gasteiger partial charge on any atom is -0.423 e. The highest BCUT2D eigenvalue weighted by atomic mass is 32.2. The quantitative estimate of drug-likeness (QED) is 0.495. The number of carbonyl (C=O) groups excluding carboxylic acids is 1. The molecule has 4 rings (SSSR count). The molecule has 0 aliphatic heterocycles. The number of nitrogens with one attached hydrogen (secondary N) is 1. The second-order valence-corrected chi connectivity index (χ2v) is 8.52. The third kappa shape index (κ3) is 4.17. The minimum atomic E-state index is -3.96. The van der Waals surface area contributed by atoms with E-state index in [1.165, 1.54) is 25.6 Å². The van der Waals surface area contributed by atoms with Crippen molar-refractivity contribution in [1.82, 2.24) is 10.2 Å². The molecule has 0 radical (unpaired) electrons. The van der Waals surface area contributed by atoms with E-state index >= 15 is 0 Å². The Morgan fingerprint density at radius 1 is 0.968 bits per heavy atom. The lowest BCUT2D eigenvalue weighted by Gasteiger charge is -2.21. The van der Waals surface area contributed by atoms with Crippen molar-refractivity contribution in [2.45, 2.75) is 4.90 Å². The summed E-state index contributed by atoms with van der Waals surface area (Å²) in [5.41, 5.74) is 1.61. The van der Waals surface area contributed by atoms with E-state index in [1.54, 1.807) is 66.7 Å². The number of nitrogens with zero attached hydrogens (tertiary/aromatic N) is 3. The molecule has 4 aromatic rings. The Labute approximate surface area is 179 Å². The Hall–Kier alpha value is -3.98. The number of sulfonamides is 1. The van der Waals surface area contributed by atoms with Gasteiger partial charge in [0.05, 0.1) is 11.3 Å². The molecule has 0 aliphatic rings. The van der Waals surface area contributed by atoms with Crippen LogP contribution in [0.5, 0.6) is 0 Å². The van der Waals surface area contributed by atoms with Gasteiger partial charge in [-0.3, -0.25) is 9.10 Å². The second-order valence-electron chi connectivity index (χ2n) is 6.58. The summed E-state index contributed by atoms with van der Waals surface area (Å²) < 4.78 is 32.8. The van der Waals surface area contributed by atoms with Crippen LogP contribution < -0.4 is 9.62 Å². The number of aromatic nitrogens is 2. The fourth-order valence-corrected chi connectivity index (χ4v) is 4.41. The number of hydrogen-bond donors (Lipinski definition) is 1. The Morgan fingerprint density at radius 2 is 1.71 bits per heavy atom. The van der Waals surface area contributed by atoms with Gasteiger partial charge in [-0.15, -0.1) is 10.2 Å². The van der Waals surface area contributed by atoms with Crippen LogP contribution in [0.25, 0.3) is 11.5 Å². The highest BCUT2D eigenvalue weighted by Gasteiger charge is 2.26. The van der Waals surface area contributed by atoms with Gasteiger partial charge in [0.15, 0.2) is 0 Å². The number of hydrogen-bond acceptors (Lipinski definition) is 6. The smallest absolute Gasteiger partial charge is 0.264 e. The van der Waals surface area contributed by atoms with E-state index in [0.717, 1.165) is 4.31 Å². The van der Waals surface area contributed by atoms with Crippen molar-refractivity contribution in [3.8, 4) is 11.5 Å². The zero-order valence-corrected chi connectivity index (χ0v) is 17.3. The van der Waals surface area contributed by atoms with E-state index in [1.807, 2.05) is 0 Å². The van der Waals surface area contributed by atoms with Crippen LogP contribution in [0.1, 0.15) is 10.4 Å². The van der Waals surface area contributed by atoms with Gasteiger partial charge < -0.3 is 9.73 Å². The van der Waals surface area contributed by atoms with Crippen molar-refractivity contribution in [3.63, 3.8) is 0 Å². The molecule has 0 spiro atoms. The van der Waals surface area contributed by atoms with Gasteiger partial charge in [-0.05, 0) is 42.5 Å². The van der Waals surface area contributed by atoms with Gasteiger partial charge in [-0.1, -0.05) is 36.4 Å². The van der Waals surface area contributed by atoms with Crippen LogP contribution in [-0.2, 0) is 10.0 Å². The van der Waals surface area contributed by atoms with Gasteiger partial charge in [0.25, 0.3) is 15.9 Å². The maximum atomic E-state index is 13.2. The lowest BCUT2D eigenvalue weighted by molar-refractivity contribution is 0.102. The number of amides is 1. The van der Waals surface area contributed by atoms with Crippen molar-refractivity contribution >= 4 is 27.3 Å². The Bertz CT molecular complexity index is 1310. The maximum absolute atomic E-state index is 13.2. The first kappa shape index (κ1) is 20.3.